The maximum Gasteiger partial charge on any atom is 0.490 e. The van der Waals surface area contributed by atoms with Gasteiger partial charge in [0.2, 0.25) is 5.95 Å². The Hall–Kier alpha value is -2.54. The average molecular weight is 642 g/mol. The zero-order valence-corrected chi connectivity index (χ0v) is 23.3. The van der Waals surface area contributed by atoms with Crippen molar-refractivity contribution in [3.63, 3.8) is 0 Å². The Morgan fingerprint density at radius 3 is 2.46 bits per heavy atom. The van der Waals surface area contributed by atoms with Gasteiger partial charge in [0.1, 0.15) is 24.8 Å². The lowest BCUT2D eigenvalue weighted by Crippen LogP contribution is -2.29. The van der Waals surface area contributed by atoms with Crippen LogP contribution < -0.4 is 21.8 Å². The molecule has 41 heavy (non-hydrogen) atoms. The number of rotatable bonds is 13. The van der Waals surface area contributed by atoms with Crippen LogP contribution in [0.3, 0.4) is 0 Å². The van der Waals surface area contributed by atoms with Gasteiger partial charge in [-0.1, -0.05) is 12.1 Å². The molecular formula is C18H25N6O14P3. The number of anilines is 1. The Morgan fingerprint density at radius 2 is 1.80 bits per heavy atom. The van der Waals surface area contributed by atoms with Gasteiger partial charge in [-0.3, -0.25) is 24.6 Å². The van der Waals surface area contributed by atoms with Crippen LogP contribution in [0, 0.1) is 0 Å². The van der Waals surface area contributed by atoms with Gasteiger partial charge in [0.05, 0.1) is 25.6 Å². The third-order valence-corrected chi connectivity index (χ3v) is 9.20. The van der Waals surface area contributed by atoms with E-state index in [0.29, 0.717) is 11.3 Å². The minimum atomic E-state index is -5.72. The fourth-order valence-electron chi connectivity index (χ4n) is 3.80. The minimum absolute atomic E-state index is 0.0107. The molecule has 0 bridgehead atoms. The number of benzene rings is 1. The van der Waals surface area contributed by atoms with E-state index in [4.69, 9.17) is 40.0 Å². The van der Waals surface area contributed by atoms with E-state index in [9.17, 15) is 28.3 Å². The lowest BCUT2D eigenvalue weighted by molar-refractivity contribution is -0.0630. The maximum absolute atomic E-state index is 12.3. The Bertz CT molecular complexity index is 1580. The van der Waals surface area contributed by atoms with Gasteiger partial charge >= 0.3 is 23.5 Å². The first-order valence-corrected chi connectivity index (χ1v) is 15.9. The second kappa shape index (κ2) is 12.4. The molecule has 1 aliphatic heterocycles. The molecule has 9 N–H and O–H groups in total. The molecule has 0 radical (unpaired) electrons. The van der Waals surface area contributed by atoms with Crippen molar-refractivity contribution in [3.8, 4) is 5.75 Å². The zero-order chi connectivity index (χ0) is 30.0. The molecule has 3 heterocycles. The van der Waals surface area contributed by atoms with Crippen molar-refractivity contribution < 1.29 is 60.6 Å². The van der Waals surface area contributed by atoms with Crippen molar-refractivity contribution in [1.82, 2.24) is 19.5 Å². The summed E-state index contributed by atoms with van der Waals surface area (Å²) < 4.78 is 65.4. The number of H-pyrrole nitrogens is 1. The molecule has 20 nitrogen and oxygen atoms in total. The fourth-order valence-corrected chi connectivity index (χ4v) is 6.83. The van der Waals surface area contributed by atoms with Gasteiger partial charge in [0.25, 0.3) is 5.56 Å². The number of hydrogen-bond acceptors (Lipinski definition) is 14. The molecule has 0 aliphatic carbocycles. The van der Waals surface area contributed by atoms with Crippen molar-refractivity contribution in [2.24, 2.45) is 5.73 Å². The molecule has 4 rings (SSSR count). The summed E-state index contributed by atoms with van der Waals surface area (Å²) in [5.74, 6) is 0.351. The second-order valence-corrected chi connectivity index (χ2v) is 12.8. The summed E-state index contributed by atoms with van der Waals surface area (Å²) in [5.41, 5.74) is 11.2. The first-order chi connectivity index (χ1) is 19.1. The summed E-state index contributed by atoms with van der Waals surface area (Å²) in [6.45, 7) is -0.745. The molecule has 3 aromatic rings. The van der Waals surface area contributed by atoms with E-state index in [2.05, 4.69) is 23.6 Å². The van der Waals surface area contributed by atoms with Gasteiger partial charge in [-0.15, -0.1) is 0 Å². The number of aromatic amines is 1. The molecule has 0 saturated carbocycles. The highest BCUT2D eigenvalue weighted by molar-refractivity contribution is 7.66. The largest absolute Gasteiger partial charge is 0.490 e. The molecule has 226 valence electrons. The molecule has 0 amide bonds. The standard InChI is InChI=1S/C18H25N6O14P3/c19-8-34-11-3-1-10(2-4-11)6-33-12-5-14(24-9-21-15-16(24)22-18(20)23-17(15)25)36-13(12)7-35-40(29,30)38-41(31,32)37-39(26,27)28/h1-4,9,12-14H,5-8,19H2,(H,29,30)(H,31,32)(H2,26,27,28)(H3,20,22,23,25)/t12-,13?,14-/m1/s1. The summed E-state index contributed by atoms with van der Waals surface area (Å²) >= 11 is 0. The van der Waals surface area contributed by atoms with Crippen LogP contribution >= 0.6 is 23.5 Å². The van der Waals surface area contributed by atoms with E-state index in [-0.39, 0.29) is 36.9 Å². The normalized spacial score (nSPS) is 22.4. The predicted octanol–water partition coefficient (Wildman–Crippen LogP) is 0.213. The van der Waals surface area contributed by atoms with E-state index in [1.807, 2.05) is 0 Å². The molecule has 2 aromatic heterocycles. The molecule has 1 aliphatic rings. The van der Waals surface area contributed by atoms with E-state index in [1.54, 1.807) is 24.3 Å². The summed E-state index contributed by atoms with van der Waals surface area (Å²) in [6, 6.07) is 6.75. The van der Waals surface area contributed by atoms with Crippen LogP contribution in [-0.2, 0) is 42.9 Å². The summed E-state index contributed by atoms with van der Waals surface area (Å²) in [6.07, 6.45) is -1.51. The smallest absolute Gasteiger partial charge is 0.479 e. The van der Waals surface area contributed by atoms with E-state index < -0.39 is 54.1 Å². The van der Waals surface area contributed by atoms with Crippen LogP contribution in [0.2, 0.25) is 0 Å². The highest BCUT2D eigenvalue weighted by Crippen LogP contribution is 2.66. The van der Waals surface area contributed by atoms with E-state index in [1.165, 1.54) is 10.9 Å². The van der Waals surface area contributed by atoms with E-state index >= 15 is 0 Å². The molecule has 1 saturated heterocycles. The third-order valence-electron chi connectivity index (χ3n) is 5.40. The third kappa shape index (κ3) is 8.50. The number of aromatic nitrogens is 4. The quantitative estimate of drug-likeness (QED) is 0.0968. The van der Waals surface area contributed by atoms with E-state index in [0.717, 1.165) is 0 Å². The SMILES string of the molecule is NCOc1ccc(CO[C@@H]2C[C@H](n3cnc4c(=O)[nH]c(N)nc43)OC2COP(=O)(O)OP(=O)(O)OP(=O)(O)O)cc1. The number of nitrogens with one attached hydrogen (secondary N) is 1. The van der Waals surface area contributed by atoms with Crippen LogP contribution in [0.15, 0.2) is 35.4 Å². The Morgan fingerprint density at radius 1 is 1.10 bits per heavy atom. The van der Waals surface area contributed by atoms with Crippen molar-refractivity contribution in [1.29, 1.82) is 0 Å². The summed E-state index contributed by atoms with van der Waals surface area (Å²) in [4.78, 5) is 59.2. The fraction of sp³-hybridized carbons (Fsp3) is 0.389. The van der Waals surface area contributed by atoms with Gasteiger partial charge < -0.3 is 39.5 Å². The predicted molar refractivity (Wildman–Crippen MR) is 136 cm³/mol. The monoisotopic (exact) mass is 642 g/mol. The highest BCUT2D eigenvalue weighted by Gasteiger charge is 2.43. The molecule has 1 fully saturated rings. The first-order valence-electron chi connectivity index (χ1n) is 11.3. The number of ether oxygens (including phenoxy) is 3. The van der Waals surface area contributed by atoms with Crippen LogP contribution in [0.5, 0.6) is 5.75 Å². The van der Waals surface area contributed by atoms with Crippen LogP contribution in [0.25, 0.3) is 11.2 Å². The average Bonchev–Trinajstić information content (AvgIpc) is 3.44. The van der Waals surface area contributed by atoms with Crippen molar-refractivity contribution >= 4 is 40.6 Å². The number of nitrogens with two attached hydrogens (primary N) is 2. The minimum Gasteiger partial charge on any atom is -0.479 e. The number of hydrogen-bond donors (Lipinski definition) is 7. The van der Waals surface area contributed by atoms with Crippen molar-refractivity contribution in [2.45, 2.75) is 31.5 Å². The number of fused-ring (bicyclic) bond motifs is 1. The molecule has 5 atom stereocenters. The molecule has 1 aromatic carbocycles. The van der Waals surface area contributed by atoms with Crippen LogP contribution in [-0.4, -0.2) is 64.6 Å². The lowest BCUT2D eigenvalue weighted by atomic mass is 10.1. The van der Waals surface area contributed by atoms with Gasteiger partial charge in [-0.2, -0.15) is 13.6 Å². The second-order valence-electron chi connectivity index (χ2n) is 8.33. The Kier molecular flexibility index (Phi) is 9.47. The number of nitrogen functional groups attached to an aromatic ring is 1. The highest BCUT2D eigenvalue weighted by atomic mass is 31.3. The van der Waals surface area contributed by atoms with Gasteiger partial charge in [-0.05, 0) is 17.7 Å². The van der Waals surface area contributed by atoms with Gasteiger partial charge in [-0.25, -0.2) is 18.7 Å². The molecule has 3 unspecified atom stereocenters. The van der Waals surface area contributed by atoms with Crippen LogP contribution in [0.4, 0.5) is 5.95 Å². The number of nitrogens with zero attached hydrogens (tertiary/aromatic N) is 3. The van der Waals surface area contributed by atoms with Crippen molar-refractivity contribution in [2.75, 3.05) is 19.1 Å². The summed E-state index contributed by atoms with van der Waals surface area (Å²) in [7, 11) is -16.7. The van der Waals surface area contributed by atoms with Gasteiger partial charge in [0.15, 0.2) is 11.2 Å². The maximum atomic E-state index is 12.3. The number of phosphoric acid groups is 3. The Balaban J connectivity index is 1.51. The first kappa shape index (κ1) is 31.4. The topological polar surface area (TPSA) is 303 Å². The summed E-state index contributed by atoms with van der Waals surface area (Å²) in [5, 5.41) is 0. The van der Waals surface area contributed by atoms with Crippen molar-refractivity contribution in [3.05, 3.63) is 46.5 Å². The molecule has 0 spiro atoms. The Labute approximate surface area is 229 Å². The molecule has 23 heteroatoms. The molecular weight excluding hydrogens is 617 g/mol. The number of imidazole rings is 1. The van der Waals surface area contributed by atoms with Crippen LogP contribution in [0.1, 0.15) is 18.2 Å². The zero-order valence-electron chi connectivity index (χ0n) is 20.7. The number of phosphoric ester groups is 1. The van der Waals surface area contributed by atoms with Gasteiger partial charge in [0, 0.05) is 6.42 Å². The lowest BCUT2D eigenvalue weighted by Gasteiger charge is -2.21.